The summed E-state index contributed by atoms with van der Waals surface area (Å²) in [5, 5.41) is 3.29. The minimum Gasteiger partial charge on any atom is -0.365 e. The maximum absolute atomic E-state index is 13.2. The van der Waals surface area contributed by atoms with Gasteiger partial charge in [-0.3, -0.25) is 9.59 Å². The number of nitrogens with one attached hydrogen (secondary N) is 1. The number of benzene rings is 2. The molecule has 35 heavy (non-hydrogen) atoms. The molecule has 5 rings (SSSR count). The van der Waals surface area contributed by atoms with E-state index in [0.29, 0.717) is 41.6 Å². The van der Waals surface area contributed by atoms with E-state index in [-0.39, 0.29) is 4.90 Å². The van der Waals surface area contributed by atoms with E-state index in [4.69, 9.17) is 5.73 Å². The fourth-order valence-corrected chi connectivity index (χ4v) is 7.71. The highest BCUT2D eigenvalue weighted by Crippen LogP contribution is 2.39. The maximum Gasteiger partial charge on any atom is 0.256 e. The number of primary amides is 1. The van der Waals surface area contributed by atoms with Crippen molar-refractivity contribution in [1.82, 2.24) is 4.31 Å². The predicted octanol–water partition coefficient (Wildman–Crippen LogP) is 3.97. The predicted molar refractivity (Wildman–Crippen MR) is 136 cm³/mol. The molecule has 2 amide bonds. The molecule has 1 aliphatic heterocycles. The minimum atomic E-state index is -3.69. The summed E-state index contributed by atoms with van der Waals surface area (Å²) in [5.41, 5.74) is 9.48. The number of fused-ring (bicyclic) bond motifs is 2. The van der Waals surface area contributed by atoms with Crippen molar-refractivity contribution >= 4 is 38.2 Å². The number of amides is 2. The molecule has 182 valence electrons. The van der Waals surface area contributed by atoms with Gasteiger partial charge in [-0.25, -0.2) is 8.42 Å². The van der Waals surface area contributed by atoms with Crippen molar-refractivity contribution in [3.05, 3.63) is 81.2 Å². The summed E-state index contributed by atoms with van der Waals surface area (Å²) in [4.78, 5) is 26.3. The Hall–Kier alpha value is -3.01. The van der Waals surface area contributed by atoms with Crippen LogP contribution >= 0.6 is 11.3 Å². The average molecular weight is 510 g/mol. The van der Waals surface area contributed by atoms with Gasteiger partial charge in [0, 0.05) is 23.5 Å². The molecule has 3 aromatic rings. The van der Waals surface area contributed by atoms with Crippen LogP contribution in [0, 0.1) is 5.92 Å². The molecule has 1 unspecified atom stereocenters. The lowest BCUT2D eigenvalue weighted by molar-refractivity contribution is 0.1000. The van der Waals surface area contributed by atoms with Crippen LogP contribution in [0.4, 0.5) is 5.00 Å². The first-order chi connectivity index (χ1) is 16.7. The summed E-state index contributed by atoms with van der Waals surface area (Å²) in [7, 11) is -3.69. The van der Waals surface area contributed by atoms with Crippen molar-refractivity contribution in [2.24, 2.45) is 11.7 Å². The lowest BCUT2D eigenvalue weighted by Gasteiger charge is -2.28. The number of anilines is 1. The number of hydrogen-bond acceptors (Lipinski definition) is 5. The average Bonchev–Trinajstić information content (AvgIpc) is 3.20. The smallest absolute Gasteiger partial charge is 0.256 e. The van der Waals surface area contributed by atoms with Crippen LogP contribution in [0.25, 0.3) is 0 Å². The van der Waals surface area contributed by atoms with Crippen LogP contribution in [-0.2, 0) is 35.8 Å². The number of rotatable bonds is 5. The molecule has 2 heterocycles. The largest absolute Gasteiger partial charge is 0.365 e. The van der Waals surface area contributed by atoms with Gasteiger partial charge in [-0.15, -0.1) is 11.3 Å². The second kappa shape index (κ2) is 9.22. The molecule has 2 aliphatic rings. The molecular weight excluding hydrogens is 482 g/mol. The van der Waals surface area contributed by atoms with Crippen LogP contribution in [0.15, 0.2) is 53.4 Å². The molecule has 0 saturated carbocycles. The van der Waals surface area contributed by atoms with Gasteiger partial charge >= 0.3 is 0 Å². The molecule has 0 saturated heterocycles. The molecule has 0 bridgehead atoms. The van der Waals surface area contributed by atoms with Gasteiger partial charge in [0.2, 0.25) is 10.0 Å². The zero-order valence-electron chi connectivity index (χ0n) is 19.4. The minimum absolute atomic E-state index is 0.145. The second-order valence-electron chi connectivity index (χ2n) is 9.26. The lowest BCUT2D eigenvalue weighted by atomic mass is 9.88. The van der Waals surface area contributed by atoms with Crippen LogP contribution in [-0.4, -0.2) is 31.1 Å². The number of nitrogens with zero attached hydrogens (tertiary/aromatic N) is 1. The lowest BCUT2D eigenvalue weighted by Crippen LogP contribution is -2.35. The van der Waals surface area contributed by atoms with Crippen molar-refractivity contribution in [2.75, 3.05) is 11.9 Å². The molecule has 9 heteroatoms. The van der Waals surface area contributed by atoms with Crippen LogP contribution in [0.3, 0.4) is 0 Å². The van der Waals surface area contributed by atoms with Crippen LogP contribution in [0.1, 0.15) is 55.6 Å². The van der Waals surface area contributed by atoms with Gasteiger partial charge in [-0.1, -0.05) is 31.2 Å². The highest BCUT2D eigenvalue weighted by molar-refractivity contribution is 7.89. The molecule has 0 radical (unpaired) electrons. The Morgan fingerprint density at radius 1 is 1.06 bits per heavy atom. The van der Waals surface area contributed by atoms with E-state index in [9.17, 15) is 18.0 Å². The highest BCUT2D eigenvalue weighted by Gasteiger charge is 2.29. The SMILES string of the molecule is CC1CCc2c(sc(NC(=O)c3ccc(S(=O)(=O)N4CCc5ccccc5C4)cc3)c2C(N)=O)C1. The summed E-state index contributed by atoms with van der Waals surface area (Å²) in [6.45, 7) is 2.92. The Bertz CT molecular complexity index is 1410. The van der Waals surface area contributed by atoms with Crippen LogP contribution < -0.4 is 11.1 Å². The van der Waals surface area contributed by atoms with Gasteiger partial charge in [-0.05, 0) is 72.6 Å². The molecule has 3 N–H and O–H groups in total. The molecule has 1 atom stereocenters. The molecule has 0 spiro atoms. The first-order valence-electron chi connectivity index (χ1n) is 11.7. The van der Waals surface area contributed by atoms with Crippen molar-refractivity contribution in [3.63, 3.8) is 0 Å². The van der Waals surface area contributed by atoms with Crippen molar-refractivity contribution < 1.29 is 18.0 Å². The third kappa shape index (κ3) is 4.51. The molecule has 7 nitrogen and oxygen atoms in total. The molecule has 1 aliphatic carbocycles. The first-order valence-corrected chi connectivity index (χ1v) is 13.9. The normalized spacial score (nSPS) is 17.9. The number of sulfonamides is 1. The van der Waals surface area contributed by atoms with Crippen LogP contribution in [0.5, 0.6) is 0 Å². The first kappa shape index (κ1) is 23.7. The summed E-state index contributed by atoms with van der Waals surface area (Å²) in [6, 6.07) is 13.8. The topological polar surface area (TPSA) is 110 Å². The molecule has 2 aromatic carbocycles. The highest BCUT2D eigenvalue weighted by atomic mass is 32.2. The Labute approximate surface area is 209 Å². The molecule has 1 aromatic heterocycles. The summed E-state index contributed by atoms with van der Waals surface area (Å²) < 4.78 is 27.9. The van der Waals surface area contributed by atoms with Gasteiger partial charge in [0.05, 0.1) is 10.5 Å². The number of carbonyl (C=O) groups excluding carboxylic acids is 2. The quantitative estimate of drug-likeness (QED) is 0.542. The van der Waals surface area contributed by atoms with Gasteiger partial charge < -0.3 is 11.1 Å². The second-order valence-corrected chi connectivity index (χ2v) is 12.3. The number of hydrogen-bond donors (Lipinski definition) is 2. The molecular formula is C26H27N3O4S2. The van der Waals surface area contributed by atoms with E-state index in [1.165, 1.54) is 45.5 Å². The Kier molecular flexibility index (Phi) is 6.25. The summed E-state index contributed by atoms with van der Waals surface area (Å²) >= 11 is 1.40. The number of thiophene rings is 1. The summed E-state index contributed by atoms with van der Waals surface area (Å²) in [6.07, 6.45) is 3.29. The fourth-order valence-electron chi connectivity index (χ4n) is 4.88. The maximum atomic E-state index is 13.2. The standard InChI is InChI=1S/C26H27N3O4S2/c1-16-6-11-21-22(14-16)34-26(23(21)24(27)30)28-25(31)18-7-9-20(10-8-18)35(32,33)29-13-12-17-4-2-3-5-19(17)15-29/h2-5,7-10,16H,6,11-15H2,1H3,(H2,27,30)(H,28,31). The van der Waals surface area contributed by atoms with Gasteiger partial charge in [0.25, 0.3) is 11.8 Å². The number of carbonyl (C=O) groups is 2. The van der Waals surface area contributed by atoms with Gasteiger partial charge in [-0.2, -0.15) is 4.31 Å². The van der Waals surface area contributed by atoms with Crippen molar-refractivity contribution in [2.45, 2.75) is 44.0 Å². The van der Waals surface area contributed by atoms with E-state index in [2.05, 4.69) is 12.2 Å². The van der Waals surface area contributed by atoms with E-state index in [0.717, 1.165) is 35.3 Å². The zero-order chi connectivity index (χ0) is 24.7. The van der Waals surface area contributed by atoms with E-state index >= 15 is 0 Å². The monoisotopic (exact) mass is 509 g/mol. The van der Waals surface area contributed by atoms with Crippen LogP contribution in [0.2, 0.25) is 0 Å². The van der Waals surface area contributed by atoms with Gasteiger partial charge in [0.1, 0.15) is 5.00 Å². The van der Waals surface area contributed by atoms with Crippen molar-refractivity contribution in [3.8, 4) is 0 Å². The van der Waals surface area contributed by atoms with Crippen molar-refractivity contribution in [1.29, 1.82) is 0 Å². The third-order valence-electron chi connectivity index (χ3n) is 6.84. The summed E-state index contributed by atoms with van der Waals surface area (Å²) in [5.74, 6) is -0.430. The number of nitrogens with two attached hydrogens (primary N) is 1. The zero-order valence-corrected chi connectivity index (χ0v) is 21.0. The molecule has 0 fully saturated rings. The van der Waals surface area contributed by atoms with E-state index in [1.54, 1.807) is 0 Å². The third-order valence-corrected chi connectivity index (χ3v) is 9.86. The fraction of sp³-hybridized carbons (Fsp3) is 0.308. The van der Waals surface area contributed by atoms with E-state index in [1.807, 2.05) is 24.3 Å². The Balaban J connectivity index is 1.34. The van der Waals surface area contributed by atoms with E-state index < -0.39 is 21.8 Å². The Morgan fingerprint density at radius 2 is 1.77 bits per heavy atom. The van der Waals surface area contributed by atoms with Gasteiger partial charge in [0.15, 0.2) is 0 Å². The Morgan fingerprint density at radius 3 is 2.49 bits per heavy atom.